The lowest BCUT2D eigenvalue weighted by Gasteiger charge is -2.21. The number of hydrogen-bond donors (Lipinski definition) is 2. The first-order chi connectivity index (χ1) is 9.34. The van der Waals surface area contributed by atoms with Crippen molar-refractivity contribution in [2.45, 2.75) is 69.8 Å². The maximum absolute atomic E-state index is 10.3. The molecule has 3 nitrogen and oxygen atoms in total. The zero-order valence-electron chi connectivity index (χ0n) is 11.7. The van der Waals surface area contributed by atoms with Crippen molar-refractivity contribution in [3.63, 3.8) is 0 Å². The minimum absolute atomic E-state index is 0.100. The smallest absolute Gasteiger partial charge is 0.0921 e. The summed E-state index contributed by atoms with van der Waals surface area (Å²) in [6, 6.07) is 0. The first-order valence-electron chi connectivity index (χ1n) is 8.01. The number of imidazole rings is 1. The fourth-order valence-corrected chi connectivity index (χ4v) is 3.77. The molecule has 1 aromatic rings. The summed E-state index contributed by atoms with van der Waals surface area (Å²) in [5.74, 6) is 1.96. The van der Waals surface area contributed by atoms with Crippen LogP contribution in [0, 0.1) is 11.8 Å². The molecule has 0 aliphatic heterocycles. The van der Waals surface area contributed by atoms with Crippen LogP contribution in [0.25, 0.3) is 0 Å². The largest absolute Gasteiger partial charge is 0.393 e. The van der Waals surface area contributed by atoms with Gasteiger partial charge in [-0.1, -0.05) is 44.9 Å². The Hall–Kier alpha value is -0.830. The van der Waals surface area contributed by atoms with Crippen LogP contribution in [0.3, 0.4) is 0 Å². The molecular formula is C16H26N2O. The van der Waals surface area contributed by atoms with Crippen LogP contribution in [0.1, 0.15) is 69.4 Å². The summed E-state index contributed by atoms with van der Waals surface area (Å²) in [6.07, 6.45) is 15.3. The zero-order valence-corrected chi connectivity index (χ0v) is 11.7. The molecule has 2 aliphatic carbocycles. The van der Waals surface area contributed by atoms with E-state index in [1.807, 2.05) is 6.20 Å². The summed E-state index contributed by atoms with van der Waals surface area (Å²) in [5.41, 5.74) is 1.20. The summed E-state index contributed by atoms with van der Waals surface area (Å²) in [5, 5.41) is 10.3. The molecule has 0 spiro atoms. The van der Waals surface area contributed by atoms with Crippen LogP contribution in [-0.4, -0.2) is 21.2 Å². The highest BCUT2D eigenvalue weighted by molar-refractivity contribution is 5.15. The number of hydrogen-bond acceptors (Lipinski definition) is 2. The summed E-state index contributed by atoms with van der Waals surface area (Å²) in [7, 11) is 0. The van der Waals surface area contributed by atoms with E-state index in [2.05, 4.69) is 9.97 Å². The molecule has 0 bridgehead atoms. The van der Waals surface area contributed by atoms with Crippen molar-refractivity contribution in [2.75, 3.05) is 0 Å². The van der Waals surface area contributed by atoms with Crippen molar-refractivity contribution in [1.29, 1.82) is 0 Å². The predicted octanol–water partition coefficient (Wildman–Crippen LogP) is 3.62. The first kappa shape index (κ1) is 13.2. The van der Waals surface area contributed by atoms with E-state index in [1.165, 1.54) is 50.6 Å². The van der Waals surface area contributed by atoms with Gasteiger partial charge in [-0.3, -0.25) is 0 Å². The fourth-order valence-electron chi connectivity index (χ4n) is 3.77. The molecule has 0 radical (unpaired) electrons. The lowest BCUT2D eigenvalue weighted by molar-refractivity contribution is 0.132. The van der Waals surface area contributed by atoms with Gasteiger partial charge < -0.3 is 10.1 Å². The molecular weight excluding hydrogens is 236 g/mol. The Morgan fingerprint density at radius 3 is 2.89 bits per heavy atom. The van der Waals surface area contributed by atoms with E-state index < -0.39 is 0 Å². The number of rotatable bonds is 6. The molecule has 1 heterocycles. The van der Waals surface area contributed by atoms with E-state index in [-0.39, 0.29) is 6.10 Å². The van der Waals surface area contributed by atoms with E-state index in [0.29, 0.717) is 11.8 Å². The number of nitrogens with zero attached hydrogens (tertiary/aromatic N) is 1. The van der Waals surface area contributed by atoms with E-state index in [9.17, 15) is 5.11 Å². The van der Waals surface area contributed by atoms with E-state index in [1.54, 1.807) is 6.33 Å². The number of nitrogens with one attached hydrogen (secondary N) is 1. The Bertz CT molecular complexity index is 370. The zero-order chi connectivity index (χ0) is 13.1. The average molecular weight is 262 g/mol. The highest BCUT2D eigenvalue weighted by Crippen LogP contribution is 2.49. The first-order valence-corrected chi connectivity index (χ1v) is 8.01. The molecule has 1 aromatic heterocycles. The highest BCUT2D eigenvalue weighted by Gasteiger charge is 2.43. The third-order valence-electron chi connectivity index (χ3n) is 5.09. The molecule has 19 heavy (non-hydrogen) atoms. The Morgan fingerprint density at radius 1 is 1.32 bits per heavy atom. The molecule has 106 valence electrons. The molecule has 0 aromatic carbocycles. The van der Waals surface area contributed by atoms with Gasteiger partial charge in [0.05, 0.1) is 12.4 Å². The Kier molecular flexibility index (Phi) is 4.21. The molecule has 3 heteroatoms. The van der Waals surface area contributed by atoms with Crippen molar-refractivity contribution in [3.05, 3.63) is 18.2 Å². The van der Waals surface area contributed by atoms with Gasteiger partial charge in [-0.25, -0.2) is 4.98 Å². The third kappa shape index (κ3) is 3.38. The van der Waals surface area contributed by atoms with Crippen LogP contribution in [0.2, 0.25) is 0 Å². The minimum Gasteiger partial charge on any atom is -0.393 e. The number of aromatic nitrogens is 2. The molecule has 0 amide bonds. The lowest BCUT2D eigenvalue weighted by Crippen LogP contribution is -2.12. The minimum atomic E-state index is -0.100. The van der Waals surface area contributed by atoms with Gasteiger partial charge in [0.1, 0.15) is 0 Å². The second-order valence-corrected chi connectivity index (χ2v) is 6.52. The molecule has 1 unspecified atom stereocenters. The van der Waals surface area contributed by atoms with Gasteiger partial charge in [0.15, 0.2) is 0 Å². The predicted molar refractivity (Wildman–Crippen MR) is 75.9 cm³/mol. The number of aliphatic hydroxyl groups is 1. The summed E-state index contributed by atoms with van der Waals surface area (Å²) < 4.78 is 0. The Labute approximate surface area is 115 Å². The van der Waals surface area contributed by atoms with Crippen molar-refractivity contribution in [2.24, 2.45) is 11.8 Å². The van der Waals surface area contributed by atoms with Crippen LogP contribution >= 0.6 is 0 Å². The van der Waals surface area contributed by atoms with Crippen LogP contribution in [0.4, 0.5) is 0 Å². The van der Waals surface area contributed by atoms with Gasteiger partial charge in [0, 0.05) is 17.8 Å². The molecule has 0 saturated heterocycles. The van der Waals surface area contributed by atoms with Crippen molar-refractivity contribution < 1.29 is 5.11 Å². The average Bonchev–Trinajstić information content (AvgIpc) is 3.06. The van der Waals surface area contributed by atoms with E-state index >= 15 is 0 Å². The molecule has 2 aliphatic rings. The summed E-state index contributed by atoms with van der Waals surface area (Å²) >= 11 is 0. The van der Waals surface area contributed by atoms with Gasteiger partial charge in [-0.2, -0.15) is 0 Å². The fraction of sp³-hybridized carbons (Fsp3) is 0.812. The van der Waals surface area contributed by atoms with E-state index in [4.69, 9.17) is 0 Å². The van der Waals surface area contributed by atoms with Gasteiger partial charge in [-0.15, -0.1) is 0 Å². The monoisotopic (exact) mass is 262 g/mol. The van der Waals surface area contributed by atoms with Gasteiger partial charge in [-0.05, 0) is 24.7 Å². The molecule has 2 fully saturated rings. The normalized spacial score (nSPS) is 29.3. The van der Waals surface area contributed by atoms with Crippen molar-refractivity contribution in [1.82, 2.24) is 9.97 Å². The Balaban J connectivity index is 1.35. The Morgan fingerprint density at radius 2 is 2.16 bits per heavy atom. The maximum atomic E-state index is 10.3. The molecule has 3 rings (SSSR count). The summed E-state index contributed by atoms with van der Waals surface area (Å²) in [4.78, 5) is 7.23. The molecule has 2 saturated carbocycles. The quantitative estimate of drug-likeness (QED) is 0.822. The van der Waals surface area contributed by atoms with Gasteiger partial charge in [0.2, 0.25) is 0 Å². The number of H-pyrrole nitrogens is 1. The second-order valence-electron chi connectivity index (χ2n) is 6.52. The second kappa shape index (κ2) is 6.08. The number of aliphatic hydroxyl groups excluding tert-OH is 1. The van der Waals surface area contributed by atoms with Crippen LogP contribution in [-0.2, 0) is 0 Å². The molecule has 3 atom stereocenters. The lowest BCUT2D eigenvalue weighted by atomic mass is 9.85. The van der Waals surface area contributed by atoms with Crippen molar-refractivity contribution in [3.8, 4) is 0 Å². The maximum Gasteiger partial charge on any atom is 0.0921 e. The summed E-state index contributed by atoms with van der Waals surface area (Å²) in [6.45, 7) is 0. The van der Waals surface area contributed by atoms with Gasteiger partial charge >= 0.3 is 0 Å². The molecule has 2 N–H and O–H groups in total. The highest BCUT2D eigenvalue weighted by atomic mass is 16.3. The number of aromatic amines is 1. The standard InChI is InChI=1S/C16H26N2O/c19-16(8-4-7-12-5-2-1-3-6-12)14-9-13(14)15-10-17-11-18-15/h10-14,16,19H,1-9H2,(H,17,18)/t13-,14-,16?/m0/s1. The van der Waals surface area contributed by atoms with Crippen LogP contribution in [0.15, 0.2) is 12.5 Å². The third-order valence-corrected chi connectivity index (χ3v) is 5.09. The SMILES string of the molecule is OC(CCCC1CCCCC1)[C@H]1C[C@@H]1c1cnc[nH]1. The van der Waals surface area contributed by atoms with Crippen molar-refractivity contribution >= 4 is 0 Å². The van der Waals surface area contributed by atoms with Crippen LogP contribution in [0.5, 0.6) is 0 Å². The van der Waals surface area contributed by atoms with Crippen LogP contribution < -0.4 is 0 Å². The topological polar surface area (TPSA) is 48.9 Å². The van der Waals surface area contributed by atoms with Gasteiger partial charge in [0.25, 0.3) is 0 Å². The van der Waals surface area contributed by atoms with E-state index in [0.717, 1.165) is 18.8 Å².